The molecule has 29 heavy (non-hydrogen) atoms. The van der Waals surface area contributed by atoms with E-state index in [0.717, 1.165) is 24.1 Å². The van der Waals surface area contributed by atoms with Crippen LogP contribution in [0.3, 0.4) is 0 Å². The van der Waals surface area contributed by atoms with E-state index in [1.807, 2.05) is 6.07 Å². The minimum Gasteiger partial charge on any atom is -0.377 e. The van der Waals surface area contributed by atoms with Gasteiger partial charge in [-0.3, -0.25) is 14.6 Å². The van der Waals surface area contributed by atoms with Gasteiger partial charge in [-0.15, -0.1) is 0 Å². The highest BCUT2D eigenvalue weighted by molar-refractivity contribution is 5.93. The first kappa shape index (κ1) is 17.7. The second-order valence-corrected chi connectivity index (χ2v) is 7.32. The summed E-state index contributed by atoms with van der Waals surface area (Å²) in [6, 6.07) is 7.73. The Kier molecular flexibility index (Phi) is 4.44. The van der Waals surface area contributed by atoms with Crippen molar-refractivity contribution < 1.29 is 14.1 Å². The SMILES string of the molecule is O=C(NC1COCC1n1nc(C2CC2)ccc1=O)c1cc(-c2cccnc2)on1. The van der Waals surface area contributed by atoms with Crippen LogP contribution in [-0.4, -0.2) is 45.1 Å². The topological polar surface area (TPSA) is 112 Å². The number of carbonyl (C=O) groups excluding carboxylic acids is 1. The molecule has 1 aliphatic heterocycles. The predicted molar refractivity (Wildman–Crippen MR) is 101 cm³/mol. The minimum atomic E-state index is -0.393. The lowest BCUT2D eigenvalue weighted by atomic mass is 10.1. The predicted octanol–water partition coefficient (Wildman–Crippen LogP) is 1.54. The van der Waals surface area contributed by atoms with Crippen molar-refractivity contribution in [2.75, 3.05) is 13.2 Å². The number of aromatic nitrogens is 4. The molecule has 0 bridgehead atoms. The summed E-state index contributed by atoms with van der Waals surface area (Å²) in [7, 11) is 0. The number of hydrogen-bond acceptors (Lipinski definition) is 7. The Hall–Kier alpha value is -3.33. The lowest BCUT2D eigenvalue weighted by Crippen LogP contribution is -2.44. The molecule has 9 heteroatoms. The summed E-state index contributed by atoms with van der Waals surface area (Å²) in [5.74, 6) is 0.492. The highest BCUT2D eigenvalue weighted by Crippen LogP contribution is 2.38. The van der Waals surface area contributed by atoms with Gasteiger partial charge in [0.1, 0.15) is 6.04 Å². The second kappa shape index (κ2) is 7.25. The summed E-state index contributed by atoms with van der Waals surface area (Å²) in [5, 5.41) is 11.3. The molecule has 1 amide bonds. The fourth-order valence-corrected chi connectivity index (χ4v) is 3.47. The van der Waals surface area contributed by atoms with E-state index >= 15 is 0 Å². The average molecular weight is 393 g/mol. The van der Waals surface area contributed by atoms with Gasteiger partial charge in [0, 0.05) is 36.0 Å². The highest BCUT2D eigenvalue weighted by Gasteiger charge is 2.34. The number of rotatable bonds is 5. The molecular weight excluding hydrogens is 374 g/mol. The third kappa shape index (κ3) is 3.56. The summed E-state index contributed by atoms with van der Waals surface area (Å²) >= 11 is 0. The smallest absolute Gasteiger partial charge is 0.273 e. The molecule has 4 heterocycles. The molecule has 2 fully saturated rings. The lowest BCUT2D eigenvalue weighted by Gasteiger charge is -2.20. The number of amides is 1. The first-order valence-electron chi connectivity index (χ1n) is 9.54. The summed E-state index contributed by atoms with van der Waals surface area (Å²) in [6.45, 7) is 0.608. The van der Waals surface area contributed by atoms with Crippen molar-refractivity contribution in [3.8, 4) is 11.3 Å². The van der Waals surface area contributed by atoms with Crippen molar-refractivity contribution in [2.24, 2.45) is 0 Å². The zero-order chi connectivity index (χ0) is 19.8. The van der Waals surface area contributed by atoms with E-state index in [1.165, 1.54) is 10.7 Å². The Bertz CT molecular complexity index is 1090. The van der Waals surface area contributed by atoms with Crippen LogP contribution >= 0.6 is 0 Å². The van der Waals surface area contributed by atoms with E-state index in [1.54, 1.807) is 30.6 Å². The third-order valence-electron chi connectivity index (χ3n) is 5.21. The van der Waals surface area contributed by atoms with Gasteiger partial charge >= 0.3 is 0 Å². The van der Waals surface area contributed by atoms with Gasteiger partial charge in [-0.05, 0) is 31.0 Å². The molecule has 0 radical (unpaired) electrons. The quantitative estimate of drug-likeness (QED) is 0.700. The highest BCUT2D eigenvalue weighted by atomic mass is 16.5. The molecule has 1 saturated heterocycles. The molecule has 3 aromatic heterocycles. The maximum absolute atomic E-state index is 12.7. The van der Waals surface area contributed by atoms with Gasteiger partial charge in [0.15, 0.2) is 11.5 Å². The lowest BCUT2D eigenvalue weighted by molar-refractivity contribution is 0.0915. The first-order valence-corrected chi connectivity index (χ1v) is 9.54. The van der Waals surface area contributed by atoms with Crippen LogP contribution in [0.4, 0.5) is 0 Å². The molecule has 0 spiro atoms. The standard InChI is InChI=1S/C20H19N5O4/c26-19-6-5-14(12-3-4-12)23-25(19)17-11-28-10-16(17)22-20(27)15-8-18(29-24-15)13-2-1-7-21-9-13/h1-2,5-9,12,16-17H,3-4,10-11H2,(H,22,27). The van der Waals surface area contributed by atoms with Crippen molar-refractivity contribution in [3.05, 3.63) is 64.5 Å². The monoisotopic (exact) mass is 393 g/mol. The zero-order valence-electron chi connectivity index (χ0n) is 15.5. The van der Waals surface area contributed by atoms with Crippen LogP contribution in [0.5, 0.6) is 0 Å². The number of pyridine rings is 1. The third-order valence-corrected chi connectivity index (χ3v) is 5.21. The fraction of sp³-hybridized carbons (Fsp3) is 0.350. The van der Waals surface area contributed by atoms with E-state index in [2.05, 4.69) is 20.6 Å². The summed E-state index contributed by atoms with van der Waals surface area (Å²) < 4.78 is 12.2. The van der Waals surface area contributed by atoms with E-state index in [-0.39, 0.29) is 23.3 Å². The van der Waals surface area contributed by atoms with Crippen LogP contribution in [0.15, 0.2) is 52.0 Å². The molecule has 1 N–H and O–H groups in total. The number of hydrogen-bond donors (Lipinski definition) is 1. The van der Waals surface area contributed by atoms with Crippen LogP contribution in [0.1, 0.15) is 41.0 Å². The average Bonchev–Trinajstić information content (AvgIpc) is 3.29. The van der Waals surface area contributed by atoms with Crippen LogP contribution < -0.4 is 10.9 Å². The van der Waals surface area contributed by atoms with Gasteiger partial charge in [0.2, 0.25) is 0 Å². The van der Waals surface area contributed by atoms with Gasteiger partial charge in [0.25, 0.3) is 11.5 Å². The fourth-order valence-electron chi connectivity index (χ4n) is 3.47. The Labute approximate surface area is 165 Å². The van der Waals surface area contributed by atoms with Crippen molar-refractivity contribution in [2.45, 2.75) is 30.8 Å². The number of nitrogens with one attached hydrogen (secondary N) is 1. The molecule has 2 aliphatic rings. The first-order chi connectivity index (χ1) is 14.2. The van der Waals surface area contributed by atoms with Gasteiger partial charge in [0.05, 0.1) is 24.9 Å². The van der Waals surface area contributed by atoms with Crippen LogP contribution in [0.25, 0.3) is 11.3 Å². The largest absolute Gasteiger partial charge is 0.377 e. The normalized spacial score (nSPS) is 21.2. The Morgan fingerprint density at radius 1 is 1.21 bits per heavy atom. The second-order valence-electron chi connectivity index (χ2n) is 7.32. The molecule has 1 aliphatic carbocycles. The van der Waals surface area contributed by atoms with Crippen LogP contribution in [-0.2, 0) is 4.74 Å². The minimum absolute atomic E-state index is 0.154. The van der Waals surface area contributed by atoms with E-state index in [4.69, 9.17) is 9.26 Å². The Balaban J connectivity index is 1.34. The Morgan fingerprint density at radius 3 is 2.90 bits per heavy atom. The molecule has 9 nitrogen and oxygen atoms in total. The van der Waals surface area contributed by atoms with Crippen molar-refractivity contribution >= 4 is 5.91 Å². The summed E-state index contributed by atoms with van der Waals surface area (Å²) in [6.07, 6.45) is 5.48. The van der Waals surface area contributed by atoms with Gasteiger partial charge < -0.3 is 14.6 Å². The van der Waals surface area contributed by atoms with Gasteiger partial charge in [-0.1, -0.05) is 5.16 Å². The van der Waals surface area contributed by atoms with Crippen LogP contribution in [0, 0.1) is 0 Å². The van der Waals surface area contributed by atoms with Crippen LogP contribution in [0.2, 0.25) is 0 Å². The van der Waals surface area contributed by atoms with E-state index in [9.17, 15) is 9.59 Å². The van der Waals surface area contributed by atoms with Gasteiger partial charge in [-0.25, -0.2) is 4.68 Å². The van der Waals surface area contributed by atoms with Gasteiger partial charge in [-0.2, -0.15) is 5.10 Å². The molecule has 2 unspecified atom stereocenters. The van der Waals surface area contributed by atoms with E-state index < -0.39 is 5.91 Å². The number of nitrogens with zero attached hydrogens (tertiary/aromatic N) is 4. The molecule has 5 rings (SSSR count). The number of ether oxygens (including phenoxy) is 1. The number of carbonyl (C=O) groups is 1. The molecule has 1 saturated carbocycles. The maximum Gasteiger partial charge on any atom is 0.273 e. The summed E-state index contributed by atoms with van der Waals surface area (Å²) in [4.78, 5) is 29.1. The van der Waals surface area contributed by atoms with Crippen molar-refractivity contribution in [1.29, 1.82) is 0 Å². The molecule has 0 aromatic carbocycles. The maximum atomic E-state index is 12.7. The van der Waals surface area contributed by atoms with Crippen molar-refractivity contribution in [3.63, 3.8) is 0 Å². The zero-order valence-corrected chi connectivity index (χ0v) is 15.5. The molecular formula is C20H19N5O4. The summed E-state index contributed by atoms with van der Waals surface area (Å²) in [5.41, 5.74) is 1.60. The Morgan fingerprint density at radius 2 is 2.10 bits per heavy atom. The molecule has 2 atom stereocenters. The van der Waals surface area contributed by atoms with Crippen molar-refractivity contribution in [1.82, 2.24) is 25.2 Å². The van der Waals surface area contributed by atoms with E-state index in [0.29, 0.717) is 24.9 Å². The molecule has 148 valence electrons. The molecule has 3 aromatic rings.